The van der Waals surface area contributed by atoms with E-state index in [2.05, 4.69) is 32.1 Å². The second-order valence-electron chi connectivity index (χ2n) is 9.99. The number of halogens is 3. The third-order valence-corrected chi connectivity index (χ3v) is 8.39. The number of amides is 2. The lowest BCUT2D eigenvalue weighted by molar-refractivity contribution is -0.137. The number of anilines is 2. The van der Waals surface area contributed by atoms with Crippen molar-refractivity contribution in [1.82, 2.24) is 24.2 Å². The van der Waals surface area contributed by atoms with Gasteiger partial charge >= 0.3 is 6.18 Å². The fourth-order valence-electron chi connectivity index (χ4n) is 5.10. The zero-order valence-corrected chi connectivity index (χ0v) is 22.4. The Kier molecular flexibility index (Phi) is 6.70. The second kappa shape index (κ2) is 10.2. The van der Waals surface area contributed by atoms with Crippen LogP contribution in [-0.2, 0) is 19.1 Å². The van der Waals surface area contributed by atoms with Crippen molar-refractivity contribution in [2.24, 2.45) is 0 Å². The number of carbonyl (C=O) groups excluding carboxylic acids is 2. The maximum Gasteiger partial charge on any atom is 0.417 e. The first-order valence-electron chi connectivity index (χ1n) is 12.8. The van der Waals surface area contributed by atoms with Gasteiger partial charge in [0.1, 0.15) is 11.3 Å². The van der Waals surface area contributed by atoms with Gasteiger partial charge < -0.3 is 20.0 Å². The molecule has 0 unspecified atom stereocenters. The molecular weight excluding hydrogens is 543 g/mol. The van der Waals surface area contributed by atoms with Crippen LogP contribution < -0.4 is 10.2 Å². The molecule has 0 aromatic carbocycles. The van der Waals surface area contributed by atoms with E-state index in [1.54, 1.807) is 16.5 Å². The van der Waals surface area contributed by atoms with Crippen LogP contribution >= 0.6 is 11.3 Å². The number of pyridine rings is 2. The summed E-state index contributed by atoms with van der Waals surface area (Å²) in [4.78, 5) is 41.7. The standard InChI is InChI=1S/C27H26F3N7O2S/c1-34-6-8-35(9-7-34)19-2-3-24-32-13-22(37(24)14-19)26(39)36-5-4-20-21(16-40-23(20)15-36)25(38)33-18-10-17(11-31-12-18)27(28,29)30/h2-3,10-14,16H,4-9,15H2,1H3,(H,33,38). The molecule has 2 amide bonds. The summed E-state index contributed by atoms with van der Waals surface area (Å²) >= 11 is 1.36. The first-order chi connectivity index (χ1) is 19.2. The van der Waals surface area contributed by atoms with Crippen molar-refractivity contribution in [3.05, 3.63) is 75.6 Å². The molecule has 0 spiro atoms. The number of aromatic nitrogens is 3. The Hall–Kier alpha value is -3.97. The zero-order valence-electron chi connectivity index (χ0n) is 21.6. The van der Waals surface area contributed by atoms with Crippen molar-refractivity contribution in [2.45, 2.75) is 19.1 Å². The third kappa shape index (κ3) is 5.02. The number of alkyl halides is 3. The lowest BCUT2D eigenvalue weighted by Gasteiger charge is -2.34. The molecule has 0 atom stereocenters. The van der Waals surface area contributed by atoms with Gasteiger partial charge in [0.05, 0.1) is 41.4 Å². The molecule has 208 valence electrons. The fourth-order valence-corrected chi connectivity index (χ4v) is 6.19. The molecule has 1 fully saturated rings. The van der Waals surface area contributed by atoms with Crippen LogP contribution in [0.1, 0.15) is 36.9 Å². The van der Waals surface area contributed by atoms with Crippen molar-refractivity contribution in [3.8, 4) is 0 Å². The van der Waals surface area contributed by atoms with Crippen LogP contribution in [-0.4, -0.2) is 75.8 Å². The second-order valence-corrected chi connectivity index (χ2v) is 11.0. The van der Waals surface area contributed by atoms with E-state index in [-0.39, 0.29) is 11.6 Å². The third-order valence-electron chi connectivity index (χ3n) is 7.38. The van der Waals surface area contributed by atoms with E-state index in [0.29, 0.717) is 42.6 Å². The number of likely N-dealkylation sites (N-methyl/N-ethyl adjacent to an activating group) is 1. The van der Waals surface area contributed by atoms with Crippen molar-refractivity contribution in [2.75, 3.05) is 50.0 Å². The van der Waals surface area contributed by atoms with Crippen LogP contribution in [0.15, 0.2) is 48.4 Å². The molecule has 4 aromatic heterocycles. The Balaban J connectivity index is 1.18. The molecule has 1 N–H and O–H groups in total. The monoisotopic (exact) mass is 569 g/mol. The van der Waals surface area contributed by atoms with Crippen LogP contribution in [0.5, 0.6) is 0 Å². The van der Waals surface area contributed by atoms with Crippen molar-refractivity contribution in [1.29, 1.82) is 0 Å². The van der Waals surface area contributed by atoms with E-state index < -0.39 is 17.6 Å². The van der Waals surface area contributed by atoms with Gasteiger partial charge in [-0.2, -0.15) is 13.2 Å². The van der Waals surface area contributed by atoms with Crippen LogP contribution in [0, 0.1) is 0 Å². The molecule has 0 radical (unpaired) electrons. The summed E-state index contributed by atoms with van der Waals surface area (Å²) in [5, 5.41) is 4.21. The maximum absolute atomic E-state index is 13.6. The average molecular weight is 570 g/mol. The van der Waals surface area contributed by atoms with E-state index in [1.165, 1.54) is 17.5 Å². The molecule has 13 heteroatoms. The van der Waals surface area contributed by atoms with E-state index >= 15 is 0 Å². The Morgan fingerprint density at radius 2 is 1.85 bits per heavy atom. The van der Waals surface area contributed by atoms with Crippen molar-refractivity contribution >= 4 is 40.2 Å². The van der Waals surface area contributed by atoms with Crippen LogP contribution in [0.25, 0.3) is 5.65 Å². The molecule has 40 heavy (non-hydrogen) atoms. The van der Waals surface area contributed by atoms with E-state index in [9.17, 15) is 22.8 Å². The highest BCUT2D eigenvalue weighted by molar-refractivity contribution is 7.10. The van der Waals surface area contributed by atoms with Crippen molar-refractivity contribution in [3.63, 3.8) is 0 Å². The first kappa shape index (κ1) is 26.3. The number of hydrogen-bond donors (Lipinski definition) is 1. The van der Waals surface area contributed by atoms with Crippen LogP contribution in [0.2, 0.25) is 0 Å². The highest BCUT2D eigenvalue weighted by atomic mass is 32.1. The molecule has 6 rings (SSSR count). The zero-order chi connectivity index (χ0) is 28.0. The van der Waals surface area contributed by atoms with Gasteiger partial charge in [-0.25, -0.2) is 4.98 Å². The molecular formula is C27H26F3N7O2S. The lowest BCUT2D eigenvalue weighted by atomic mass is 10.0. The van der Waals surface area contributed by atoms with Crippen LogP contribution in [0.4, 0.5) is 24.5 Å². The van der Waals surface area contributed by atoms with E-state index in [1.807, 2.05) is 22.7 Å². The molecule has 0 saturated carbocycles. The topological polar surface area (TPSA) is 86.1 Å². The molecule has 2 aliphatic heterocycles. The molecule has 2 aliphatic rings. The molecule has 0 aliphatic carbocycles. The van der Waals surface area contributed by atoms with Gasteiger partial charge in [0, 0.05) is 55.4 Å². The van der Waals surface area contributed by atoms with Gasteiger partial charge in [-0.3, -0.25) is 19.0 Å². The quantitative estimate of drug-likeness (QED) is 0.400. The van der Waals surface area contributed by atoms with E-state index in [4.69, 9.17) is 0 Å². The summed E-state index contributed by atoms with van der Waals surface area (Å²) in [5.41, 5.74) is 2.45. The smallest absolute Gasteiger partial charge is 0.368 e. The first-order valence-corrected chi connectivity index (χ1v) is 13.7. The Bertz CT molecular complexity index is 1590. The molecule has 1 saturated heterocycles. The molecule has 4 aromatic rings. The van der Waals surface area contributed by atoms with Crippen LogP contribution in [0.3, 0.4) is 0 Å². The van der Waals surface area contributed by atoms with Gasteiger partial charge in [-0.1, -0.05) is 0 Å². The summed E-state index contributed by atoms with van der Waals surface area (Å²) < 4.78 is 40.9. The number of nitrogens with zero attached hydrogens (tertiary/aromatic N) is 6. The van der Waals surface area contributed by atoms with Gasteiger partial charge in [0.2, 0.25) is 0 Å². The number of thiophene rings is 1. The molecule has 0 bridgehead atoms. The summed E-state index contributed by atoms with van der Waals surface area (Å²) in [5.74, 6) is -0.653. The molecule has 6 heterocycles. The van der Waals surface area contributed by atoms with Crippen molar-refractivity contribution < 1.29 is 22.8 Å². The van der Waals surface area contributed by atoms with Gasteiger partial charge in [-0.05, 0) is 37.2 Å². The van der Waals surface area contributed by atoms with E-state index in [0.717, 1.165) is 48.4 Å². The predicted molar refractivity (Wildman–Crippen MR) is 145 cm³/mol. The Morgan fingerprint density at radius 3 is 2.62 bits per heavy atom. The number of fused-ring (bicyclic) bond motifs is 2. The Labute approximate surface area is 231 Å². The number of imidazole rings is 1. The summed E-state index contributed by atoms with van der Waals surface area (Å²) in [6.07, 6.45) is 1.35. The highest BCUT2D eigenvalue weighted by Crippen LogP contribution is 2.32. The average Bonchev–Trinajstić information content (AvgIpc) is 3.56. The lowest BCUT2D eigenvalue weighted by Crippen LogP contribution is -2.44. The largest absolute Gasteiger partial charge is 0.417 e. The minimum absolute atomic E-state index is 0.0315. The van der Waals surface area contributed by atoms with Gasteiger partial charge in [0.15, 0.2) is 0 Å². The highest BCUT2D eigenvalue weighted by Gasteiger charge is 2.32. The van der Waals surface area contributed by atoms with Gasteiger partial charge in [-0.15, -0.1) is 11.3 Å². The predicted octanol–water partition coefficient (Wildman–Crippen LogP) is 4.01. The normalized spacial score (nSPS) is 16.3. The number of hydrogen-bond acceptors (Lipinski definition) is 7. The number of nitrogens with one attached hydrogen (secondary N) is 1. The minimum atomic E-state index is -4.56. The summed E-state index contributed by atoms with van der Waals surface area (Å²) in [6, 6.07) is 4.81. The van der Waals surface area contributed by atoms with Gasteiger partial charge in [0.25, 0.3) is 11.8 Å². The Morgan fingerprint density at radius 1 is 1.05 bits per heavy atom. The summed E-state index contributed by atoms with van der Waals surface area (Å²) in [6.45, 7) is 4.51. The number of rotatable bonds is 4. The number of piperazine rings is 1. The maximum atomic E-state index is 13.6. The fraction of sp³-hybridized carbons (Fsp3) is 0.333. The molecule has 9 nitrogen and oxygen atoms in total. The SMILES string of the molecule is CN1CCN(c2ccc3ncc(C(=O)N4CCc5c(C(=O)Nc6cncc(C(F)(F)F)c6)csc5C4)n3c2)CC1. The summed E-state index contributed by atoms with van der Waals surface area (Å²) in [7, 11) is 2.11. The minimum Gasteiger partial charge on any atom is -0.368 e. The number of carbonyl (C=O) groups is 2.